The fraction of sp³-hybridized carbons (Fsp3) is 0.694. The molecule has 6 nitrogen and oxygen atoms in total. The molecular weight excluding hydrogens is 528 g/mol. The van der Waals surface area contributed by atoms with Crippen LogP contribution in [0.25, 0.3) is 0 Å². The Bertz CT molecular complexity index is 1230. The van der Waals surface area contributed by atoms with Crippen LogP contribution >= 0.6 is 0 Å². The van der Waals surface area contributed by atoms with Gasteiger partial charge in [0.1, 0.15) is 11.9 Å². The van der Waals surface area contributed by atoms with Gasteiger partial charge in [0.25, 0.3) is 0 Å². The van der Waals surface area contributed by atoms with Crippen LogP contribution in [0.5, 0.6) is 0 Å². The highest BCUT2D eigenvalue weighted by atomic mass is 16.5. The smallest absolute Gasteiger partial charge is 0.176 e. The molecular formula is C36H54O6. The third kappa shape index (κ3) is 5.54. The number of carbonyl (C=O) groups is 3. The molecule has 1 saturated carbocycles. The topological polar surface area (TPSA) is 89.9 Å². The molecule has 1 aliphatic heterocycles. The molecule has 0 aromatic rings. The van der Waals surface area contributed by atoms with E-state index in [1.54, 1.807) is 21.0 Å². The molecule has 0 spiro atoms. The first kappa shape index (κ1) is 34.2. The molecule has 0 aromatic carbocycles. The lowest BCUT2D eigenvalue weighted by molar-refractivity contribution is -0.180. The van der Waals surface area contributed by atoms with Crippen molar-refractivity contribution < 1.29 is 29.0 Å². The van der Waals surface area contributed by atoms with Crippen LogP contribution in [0.1, 0.15) is 108 Å². The minimum absolute atomic E-state index is 0.170. The summed E-state index contributed by atoms with van der Waals surface area (Å²) in [5.41, 5.74) is -3.18. The van der Waals surface area contributed by atoms with Gasteiger partial charge in [-0.05, 0) is 87.0 Å². The van der Waals surface area contributed by atoms with E-state index in [1.807, 2.05) is 80.5 Å². The van der Waals surface area contributed by atoms with Crippen LogP contribution in [0.3, 0.4) is 0 Å². The Morgan fingerprint density at radius 2 is 1.67 bits per heavy atom. The zero-order valence-corrected chi connectivity index (χ0v) is 28.1. The van der Waals surface area contributed by atoms with Crippen LogP contribution in [0.15, 0.2) is 46.8 Å². The molecule has 42 heavy (non-hydrogen) atoms. The van der Waals surface area contributed by atoms with E-state index in [9.17, 15) is 14.7 Å². The normalized spacial score (nSPS) is 31.4. The highest BCUT2D eigenvalue weighted by Crippen LogP contribution is 2.69. The number of fused-ring (bicyclic) bond motifs is 3. The summed E-state index contributed by atoms with van der Waals surface area (Å²) in [6.07, 6.45) is 9.24. The monoisotopic (exact) mass is 582 g/mol. The summed E-state index contributed by atoms with van der Waals surface area (Å²) in [6.45, 7) is 20.9. The molecule has 3 aliphatic rings. The van der Waals surface area contributed by atoms with Crippen molar-refractivity contribution in [1.82, 2.24) is 0 Å². The van der Waals surface area contributed by atoms with Gasteiger partial charge >= 0.3 is 0 Å². The summed E-state index contributed by atoms with van der Waals surface area (Å²) >= 11 is 0. The van der Waals surface area contributed by atoms with Crippen LogP contribution in [0.4, 0.5) is 0 Å². The van der Waals surface area contributed by atoms with Crippen molar-refractivity contribution >= 4 is 17.3 Å². The van der Waals surface area contributed by atoms with E-state index in [2.05, 4.69) is 6.08 Å². The van der Waals surface area contributed by atoms with E-state index in [-0.39, 0.29) is 41.9 Å². The van der Waals surface area contributed by atoms with Crippen molar-refractivity contribution in [3.05, 3.63) is 46.8 Å². The molecule has 0 unspecified atom stereocenters. The van der Waals surface area contributed by atoms with Gasteiger partial charge in [-0.2, -0.15) is 0 Å². The molecule has 0 saturated heterocycles. The summed E-state index contributed by atoms with van der Waals surface area (Å²) < 4.78 is 12.2. The first-order valence-electron chi connectivity index (χ1n) is 15.5. The van der Waals surface area contributed by atoms with E-state index >= 15 is 4.79 Å². The number of ether oxygens (including phenoxy) is 2. The fourth-order valence-corrected chi connectivity index (χ4v) is 7.23. The minimum Gasteiger partial charge on any atom is -0.489 e. The summed E-state index contributed by atoms with van der Waals surface area (Å²) in [4.78, 5) is 44.8. The van der Waals surface area contributed by atoms with Crippen LogP contribution < -0.4 is 0 Å². The molecule has 2 aliphatic carbocycles. The Morgan fingerprint density at radius 1 is 1.07 bits per heavy atom. The van der Waals surface area contributed by atoms with Crippen molar-refractivity contribution in [2.45, 2.75) is 126 Å². The number of carbonyl (C=O) groups excluding carboxylic acids is 3. The number of aliphatic hydroxyl groups is 1. The van der Waals surface area contributed by atoms with Gasteiger partial charge in [0.15, 0.2) is 22.8 Å². The van der Waals surface area contributed by atoms with Crippen LogP contribution in [-0.4, -0.2) is 46.9 Å². The Hall–Kier alpha value is -2.31. The van der Waals surface area contributed by atoms with Gasteiger partial charge in [-0.3, -0.25) is 14.4 Å². The summed E-state index contributed by atoms with van der Waals surface area (Å²) in [5.74, 6) is -1.24. The molecule has 6 heteroatoms. The van der Waals surface area contributed by atoms with Crippen molar-refractivity contribution in [3.8, 4) is 0 Å². The molecule has 1 heterocycles. The van der Waals surface area contributed by atoms with Gasteiger partial charge in [0.05, 0.1) is 16.6 Å². The van der Waals surface area contributed by atoms with E-state index in [4.69, 9.17) is 9.47 Å². The van der Waals surface area contributed by atoms with Crippen molar-refractivity contribution in [1.29, 1.82) is 0 Å². The van der Waals surface area contributed by atoms with Crippen LogP contribution in [0, 0.1) is 28.1 Å². The minimum atomic E-state index is -1.67. The van der Waals surface area contributed by atoms with Crippen LogP contribution in [0.2, 0.25) is 0 Å². The average Bonchev–Trinajstić information content (AvgIpc) is 3.33. The van der Waals surface area contributed by atoms with E-state index < -0.39 is 39.5 Å². The van der Waals surface area contributed by atoms with Crippen LogP contribution in [-0.2, 0) is 23.9 Å². The van der Waals surface area contributed by atoms with Gasteiger partial charge < -0.3 is 14.6 Å². The Labute approximate surface area is 253 Å². The molecule has 5 atom stereocenters. The molecule has 234 valence electrons. The summed E-state index contributed by atoms with van der Waals surface area (Å²) in [5, 5.41) is 11.0. The number of allylic oxidation sites excluding steroid dienone is 6. The third-order valence-electron chi connectivity index (χ3n) is 10.0. The number of Topliss-reactive ketones (excluding diaryl/α,β-unsaturated/α-hetero) is 3. The molecule has 1 fully saturated rings. The lowest BCUT2D eigenvalue weighted by Crippen LogP contribution is -2.69. The highest BCUT2D eigenvalue weighted by molar-refractivity contribution is 6.28. The van der Waals surface area contributed by atoms with Crippen molar-refractivity contribution in [2.24, 2.45) is 28.1 Å². The van der Waals surface area contributed by atoms with Crippen molar-refractivity contribution in [3.63, 3.8) is 0 Å². The van der Waals surface area contributed by atoms with Gasteiger partial charge in [0.2, 0.25) is 0 Å². The van der Waals surface area contributed by atoms with Crippen molar-refractivity contribution in [2.75, 3.05) is 7.11 Å². The number of methoxy groups -OCH3 is 1. The van der Waals surface area contributed by atoms with E-state index in [1.165, 1.54) is 0 Å². The molecule has 0 aromatic heterocycles. The Kier molecular flexibility index (Phi) is 9.48. The molecule has 0 amide bonds. The largest absolute Gasteiger partial charge is 0.489 e. The lowest BCUT2D eigenvalue weighted by Gasteiger charge is -2.61. The highest BCUT2D eigenvalue weighted by Gasteiger charge is 2.77. The van der Waals surface area contributed by atoms with Gasteiger partial charge in [-0.15, -0.1) is 0 Å². The number of hydrogen-bond acceptors (Lipinski definition) is 6. The predicted molar refractivity (Wildman–Crippen MR) is 167 cm³/mol. The molecule has 0 radical (unpaired) electrons. The Morgan fingerprint density at radius 3 is 2.17 bits per heavy atom. The lowest BCUT2D eigenvalue weighted by atomic mass is 9.38. The second kappa shape index (κ2) is 11.6. The first-order chi connectivity index (χ1) is 19.2. The SMILES string of the molecule is COC(C)(C)/C=C/C[C@]1(C)[C@@H](CC=C(C)C)C[C@]2(CC=C(C)C)C(=O)C3=C(O[C@@H](C(C)(C)O)C3)[C@@]1(C(=O)C(C)C)C2=O. The molecule has 3 rings (SSSR count). The average molecular weight is 583 g/mol. The second-order valence-electron chi connectivity index (χ2n) is 15.0. The standard InChI is InChI=1S/C36H54O6/c1-22(2)14-15-25-21-35(19-16-23(3)4)29(38)26-20-27(33(9,10)40)42-30(26)36(31(35)39,28(37)24(5)6)34(25,11)18-13-17-32(7,8)41-12/h13-14,16-17,24-25,27,40H,15,18-21H2,1-12H3/b17-13+/t25-,27+,34+,35+,36-/m0/s1. The second-order valence-corrected chi connectivity index (χ2v) is 15.0. The fourth-order valence-electron chi connectivity index (χ4n) is 7.23. The zero-order chi connectivity index (χ0) is 32.1. The Balaban J connectivity index is 2.47. The maximum Gasteiger partial charge on any atom is 0.176 e. The van der Waals surface area contributed by atoms with Gasteiger partial charge in [0, 0.05) is 30.4 Å². The van der Waals surface area contributed by atoms with Gasteiger partial charge in [-0.25, -0.2) is 0 Å². The first-order valence-corrected chi connectivity index (χ1v) is 15.5. The number of ketones is 3. The predicted octanol–water partition coefficient (Wildman–Crippen LogP) is 7.26. The molecule has 2 bridgehead atoms. The maximum absolute atomic E-state index is 15.3. The summed E-state index contributed by atoms with van der Waals surface area (Å²) in [6, 6.07) is 0. The quantitative estimate of drug-likeness (QED) is 0.204. The molecule has 1 N–H and O–H groups in total. The zero-order valence-electron chi connectivity index (χ0n) is 28.1. The summed E-state index contributed by atoms with van der Waals surface area (Å²) in [7, 11) is 1.65. The maximum atomic E-state index is 15.3. The third-order valence-corrected chi connectivity index (χ3v) is 10.0. The van der Waals surface area contributed by atoms with Gasteiger partial charge in [-0.1, -0.05) is 56.2 Å². The van der Waals surface area contributed by atoms with E-state index in [0.717, 1.165) is 11.1 Å². The number of rotatable bonds is 11. The number of hydrogen-bond donors (Lipinski definition) is 1. The van der Waals surface area contributed by atoms with E-state index in [0.29, 0.717) is 24.8 Å².